The summed E-state index contributed by atoms with van der Waals surface area (Å²) in [6, 6.07) is 7.30. The highest BCUT2D eigenvalue weighted by Gasteiger charge is 2.41. The topological polar surface area (TPSA) is 88.1 Å². The maximum Gasteiger partial charge on any atom is 0.412 e. The first-order chi connectivity index (χ1) is 16.3. The van der Waals surface area contributed by atoms with Gasteiger partial charge in [-0.3, -0.25) is 4.79 Å². The normalized spacial score (nSPS) is 24.4. The van der Waals surface area contributed by atoms with Gasteiger partial charge in [-0.1, -0.05) is 44.2 Å². The van der Waals surface area contributed by atoms with Crippen molar-refractivity contribution >= 4 is 12.1 Å². The van der Waals surface area contributed by atoms with Gasteiger partial charge >= 0.3 is 12.1 Å². The summed E-state index contributed by atoms with van der Waals surface area (Å²) >= 11 is 0. The van der Waals surface area contributed by atoms with Gasteiger partial charge in [0.15, 0.2) is 0 Å². The minimum absolute atomic E-state index is 0.134. The molecular weight excluding hydrogens is 432 g/mol. The highest BCUT2D eigenvalue weighted by Crippen LogP contribution is 2.43. The molecule has 1 aromatic carbocycles. The van der Waals surface area contributed by atoms with Gasteiger partial charge in [-0.2, -0.15) is 0 Å². The molecule has 0 aromatic heterocycles. The van der Waals surface area contributed by atoms with Crippen LogP contribution in [0, 0.1) is 11.3 Å². The summed E-state index contributed by atoms with van der Waals surface area (Å²) in [6.45, 7) is 3.37. The molecular formula is C27H42N2O5. The Morgan fingerprint density at radius 2 is 1.85 bits per heavy atom. The van der Waals surface area contributed by atoms with Gasteiger partial charge in [0.2, 0.25) is 0 Å². The van der Waals surface area contributed by atoms with E-state index < -0.39 is 11.7 Å². The van der Waals surface area contributed by atoms with E-state index >= 15 is 0 Å². The molecule has 1 aromatic rings. The maximum atomic E-state index is 12.7. The lowest BCUT2D eigenvalue weighted by Gasteiger charge is -2.41. The summed E-state index contributed by atoms with van der Waals surface area (Å²) in [5, 5.41) is 14.5. The van der Waals surface area contributed by atoms with Crippen LogP contribution in [0.15, 0.2) is 24.3 Å². The van der Waals surface area contributed by atoms with Crippen LogP contribution in [0.3, 0.4) is 0 Å². The predicted octanol–water partition coefficient (Wildman–Crippen LogP) is 4.62. The molecule has 7 heteroatoms. The molecule has 0 saturated heterocycles. The van der Waals surface area contributed by atoms with E-state index in [4.69, 9.17) is 9.47 Å². The molecule has 0 bridgehead atoms. The van der Waals surface area contributed by atoms with Gasteiger partial charge < -0.3 is 24.8 Å². The van der Waals surface area contributed by atoms with Crippen LogP contribution >= 0.6 is 0 Å². The zero-order chi connectivity index (χ0) is 24.6. The molecule has 2 aliphatic rings. The molecule has 0 radical (unpaired) electrons. The Labute approximate surface area is 204 Å². The van der Waals surface area contributed by atoms with E-state index in [2.05, 4.69) is 10.2 Å². The average molecular weight is 475 g/mol. The minimum Gasteiger partial charge on any atom is -0.466 e. The second kappa shape index (κ2) is 12.0. The fraction of sp³-hybridized carbons (Fsp3) is 0.704. The van der Waals surface area contributed by atoms with Crippen LogP contribution in [0.4, 0.5) is 4.79 Å². The lowest BCUT2D eigenvalue weighted by Crippen LogP contribution is -2.43. The molecule has 3 rings (SSSR count). The molecule has 0 aliphatic heterocycles. The van der Waals surface area contributed by atoms with Gasteiger partial charge in [0.1, 0.15) is 5.75 Å². The Morgan fingerprint density at radius 1 is 1.12 bits per heavy atom. The minimum atomic E-state index is -0.926. The van der Waals surface area contributed by atoms with Gasteiger partial charge in [-0.15, -0.1) is 0 Å². The van der Waals surface area contributed by atoms with Crippen molar-refractivity contribution in [3.05, 3.63) is 29.8 Å². The number of ether oxygens (including phenoxy) is 2. The number of nitrogens with zero attached hydrogens (tertiary/aromatic N) is 1. The summed E-state index contributed by atoms with van der Waals surface area (Å²) < 4.78 is 10.8. The molecule has 34 heavy (non-hydrogen) atoms. The summed E-state index contributed by atoms with van der Waals surface area (Å²) in [5.41, 5.74) is -0.401. The van der Waals surface area contributed by atoms with Gasteiger partial charge in [0, 0.05) is 19.0 Å². The van der Waals surface area contributed by atoms with E-state index in [1.165, 1.54) is 0 Å². The lowest BCUT2D eigenvalue weighted by molar-refractivity contribution is -0.146. The SMILES string of the molecule is CCOC(=O)CC1(CNC(=O)Oc2cccc(C3(O)CCCCC3CN(C)C)c2)CCCCC1. The van der Waals surface area contributed by atoms with Crippen LogP contribution in [-0.4, -0.2) is 55.9 Å². The highest BCUT2D eigenvalue weighted by atomic mass is 16.6. The number of hydrogen-bond acceptors (Lipinski definition) is 6. The van der Waals surface area contributed by atoms with Gasteiger partial charge in [-0.05, 0) is 69.8 Å². The lowest BCUT2D eigenvalue weighted by atomic mass is 9.71. The summed E-state index contributed by atoms with van der Waals surface area (Å²) in [5.74, 6) is 0.343. The Hall–Kier alpha value is -2.12. The number of amides is 1. The monoisotopic (exact) mass is 474 g/mol. The molecule has 0 heterocycles. The largest absolute Gasteiger partial charge is 0.466 e. The second-order valence-corrected chi connectivity index (χ2v) is 10.4. The van der Waals surface area contributed by atoms with Crippen molar-refractivity contribution in [2.45, 2.75) is 76.7 Å². The number of carbonyl (C=O) groups excluding carboxylic acids is 2. The van der Waals surface area contributed by atoms with E-state index in [1.807, 2.05) is 33.2 Å². The Bertz CT molecular complexity index is 821. The Morgan fingerprint density at radius 3 is 2.56 bits per heavy atom. The van der Waals surface area contributed by atoms with Crippen molar-refractivity contribution in [2.75, 3.05) is 33.8 Å². The van der Waals surface area contributed by atoms with Crippen LogP contribution in [-0.2, 0) is 15.1 Å². The van der Waals surface area contributed by atoms with Crippen molar-refractivity contribution in [1.82, 2.24) is 10.2 Å². The number of hydrogen-bond donors (Lipinski definition) is 2. The fourth-order valence-electron chi connectivity index (χ4n) is 5.76. The number of aliphatic hydroxyl groups is 1. The average Bonchev–Trinajstić information content (AvgIpc) is 2.80. The van der Waals surface area contributed by atoms with Crippen molar-refractivity contribution in [3.8, 4) is 5.75 Å². The zero-order valence-electron chi connectivity index (χ0n) is 21.1. The van der Waals surface area contributed by atoms with Gasteiger partial charge in [0.25, 0.3) is 0 Å². The molecule has 2 unspecified atom stereocenters. The van der Waals surface area contributed by atoms with E-state index in [0.717, 1.165) is 63.5 Å². The van der Waals surface area contributed by atoms with Crippen molar-refractivity contribution in [2.24, 2.45) is 11.3 Å². The molecule has 2 aliphatic carbocycles. The van der Waals surface area contributed by atoms with E-state index in [-0.39, 0.29) is 17.3 Å². The predicted molar refractivity (Wildman–Crippen MR) is 132 cm³/mol. The molecule has 7 nitrogen and oxygen atoms in total. The van der Waals surface area contributed by atoms with E-state index in [9.17, 15) is 14.7 Å². The molecule has 2 saturated carbocycles. The Balaban J connectivity index is 1.64. The highest BCUT2D eigenvalue weighted by molar-refractivity contribution is 5.72. The standard InChI is InChI=1S/C27H42N2O5/c1-4-33-24(30)18-26(14-7-5-8-15-26)20-28-25(31)34-23-13-10-12-21(17-23)27(32)16-9-6-11-22(27)19-29(2)3/h10,12-13,17,22,32H,4-9,11,14-16,18-20H2,1-3H3,(H,28,31). The van der Waals surface area contributed by atoms with Crippen LogP contribution < -0.4 is 10.1 Å². The van der Waals surface area contributed by atoms with Crippen LogP contribution in [0.1, 0.15) is 76.7 Å². The van der Waals surface area contributed by atoms with Gasteiger partial charge in [-0.25, -0.2) is 4.79 Å². The quantitative estimate of drug-likeness (QED) is 0.508. The Kier molecular flexibility index (Phi) is 9.37. The number of nitrogens with one attached hydrogen (secondary N) is 1. The summed E-state index contributed by atoms with van der Waals surface area (Å²) in [4.78, 5) is 27.0. The second-order valence-electron chi connectivity index (χ2n) is 10.4. The first kappa shape index (κ1) is 26.5. The summed E-state index contributed by atoms with van der Waals surface area (Å²) in [7, 11) is 4.06. The molecule has 0 spiro atoms. The first-order valence-electron chi connectivity index (χ1n) is 12.9. The molecule has 1 amide bonds. The molecule has 2 atom stereocenters. The molecule has 2 N–H and O–H groups in total. The van der Waals surface area contributed by atoms with Crippen molar-refractivity contribution < 1.29 is 24.2 Å². The third kappa shape index (κ3) is 6.95. The third-order valence-corrected chi connectivity index (χ3v) is 7.51. The van der Waals surface area contributed by atoms with Crippen LogP contribution in [0.5, 0.6) is 5.75 Å². The number of benzene rings is 1. The number of esters is 1. The zero-order valence-corrected chi connectivity index (χ0v) is 21.1. The van der Waals surface area contributed by atoms with Crippen LogP contribution in [0.2, 0.25) is 0 Å². The molecule has 2 fully saturated rings. The van der Waals surface area contributed by atoms with Crippen LogP contribution in [0.25, 0.3) is 0 Å². The van der Waals surface area contributed by atoms with Crippen molar-refractivity contribution in [3.63, 3.8) is 0 Å². The first-order valence-corrected chi connectivity index (χ1v) is 12.9. The fourth-order valence-corrected chi connectivity index (χ4v) is 5.76. The number of carbonyl (C=O) groups is 2. The summed E-state index contributed by atoms with van der Waals surface area (Å²) in [6.07, 6.45) is 8.59. The number of rotatable bonds is 9. The van der Waals surface area contributed by atoms with E-state index in [0.29, 0.717) is 31.7 Å². The van der Waals surface area contributed by atoms with Gasteiger partial charge in [0.05, 0.1) is 18.6 Å². The molecule has 190 valence electrons. The van der Waals surface area contributed by atoms with Crippen molar-refractivity contribution in [1.29, 1.82) is 0 Å². The maximum absolute atomic E-state index is 12.7. The van der Waals surface area contributed by atoms with E-state index in [1.54, 1.807) is 12.1 Å². The third-order valence-electron chi connectivity index (χ3n) is 7.51. The smallest absolute Gasteiger partial charge is 0.412 e.